The lowest BCUT2D eigenvalue weighted by Gasteiger charge is -2.40. The first-order valence-electron chi connectivity index (χ1n) is 30.0. The summed E-state index contributed by atoms with van der Waals surface area (Å²) < 4.78 is 11.3. The Labute approximate surface area is 447 Å². The highest BCUT2D eigenvalue weighted by atomic mass is 16.7. The molecule has 9 nitrogen and oxygen atoms in total. The maximum atomic E-state index is 13.1. The number of unbranched alkanes of at least 4 members (excludes halogenated alkanes) is 26. The Morgan fingerprint density at radius 1 is 0.479 bits per heavy atom. The quantitative estimate of drug-likeness (QED) is 0.0261. The fourth-order valence-corrected chi connectivity index (χ4v) is 8.96. The van der Waals surface area contributed by atoms with Gasteiger partial charge in [0, 0.05) is 6.42 Å². The van der Waals surface area contributed by atoms with Crippen LogP contribution in [0.5, 0.6) is 0 Å². The van der Waals surface area contributed by atoms with E-state index < -0.39 is 49.5 Å². The number of carbonyl (C=O) groups excluding carboxylic acids is 1. The van der Waals surface area contributed by atoms with Crippen LogP contribution in [0.4, 0.5) is 0 Å². The van der Waals surface area contributed by atoms with E-state index >= 15 is 0 Å². The van der Waals surface area contributed by atoms with Gasteiger partial charge in [-0.15, -0.1) is 0 Å². The molecule has 9 heteroatoms. The summed E-state index contributed by atoms with van der Waals surface area (Å²) in [6, 6.07) is -0.815. The Morgan fingerprint density at radius 2 is 0.849 bits per heavy atom. The molecule has 7 unspecified atom stereocenters. The van der Waals surface area contributed by atoms with Crippen LogP contribution in [0.1, 0.15) is 245 Å². The van der Waals surface area contributed by atoms with Crippen molar-refractivity contribution in [3.05, 3.63) is 97.2 Å². The van der Waals surface area contributed by atoms with E-state index in [1.54, 1.807) is 6.08 Å². The molecule has 6 N–H and O–H groups in total. The summed E-state index contributed by atoms with van der Waals surface area (Å²) in [5.74, 6) is -0.186. The largest absolute Gasteiger partial charge is 0.394 e. The molecule has 0 spiro atoms. The monoisotopic (exact) mass is 1020 g/mol. The third-order valence-corrected chi connectivity index (χ3v) is 13.7. The van der Waals surface area contributed by atoms with Gasteiger partial charge in [-0.3, -0.25) is 4.79 Å². The van der Waals surface area contributed by atoms with Crippen molar-refractivity contribution in [2.75, 3.05) is 13.2 Å². The molecule has 0 bridgehead atoms. The van der Waals surface area contributed by atoms with Gasteiger partial charge in [-0.2, -0.15) is 0 Å². The van der Waals surface area contributed by atoms with E-state index in [-0.39, 0.29) is 12.5 Å². The minimum absolute atomic E-state index is 0.186. The highest BCUT2D eigenvalue weighted by Gasteiger charge is 2.44. The summed E-state index contributed by atoms with van der Waals surface area (Å²) in [5.41, 5.74) is 0. The molecule has 73 heavy (non-hydrogen) atoms. The van der Waals surface area contributed by atoms with Crippen molar-refractivity contribution in [1.29, 1.82) is 0 Å². The summed E-state index contributed by atoms with van der Waals surface area (Å²) in [4.78, 5) is 13.1. The molecule has 7 atom stereocenters. The van der Waals surface area contributed by atoms with Gasteiger partial charge >= 0.3 is 0 Å². The van der Waals surface area contributed by atoms with Crippen LogP contribution in [0, 0.1) is 0 Å². The van der Waals surface area contributed by atoms with Crippen molar-refractivity contribution in [2.45, 2.75) is 288 Å². The highest BCUT2D eigenvalue weighted by molar-refractivity contribution is 5.76. The van der Waals surface area contributed by atoms with Gasteiger partial charge < -0.3 is 40.3 Å². The minimum Gasteiger partial charge on any atom is -0.394 e. The second-order valence-corrected chi connectivity index (χ2v) is 20.4. The predicted molar refractivity (Wildman–Crippen MR) is 308 cm³/mol. The predicted octanol–water partition coefficient (Wildman–Crippen LogP) is 15.2. The number of nitrogens with one attached hydrogen (secondary N) is 1. The molecule has 1 aliphatic heterocycles. The Balaban J connectivity index is 2.22. The molecule has 0 radical (unpaired) electrons. The number of allylic oxidation sites excluding steroid dienone is 15. The van der Waals surface area contributed by atoms with Crippen LogP contribution < -0.4 is 5.32 Å². The van der Waals surface area contributed by atoms with Crippen LogP contribution in [0.3, 0.4) is 0 Å². The third-order valence-electron chi connectivity index (χ3n) is 13.7. The van der Waals surface area contributed by atoms with Crippen LogP contribution in [0.25, 0.3) is 0 Å². The molecule has 0 saturated carbocycles. The molecular formula is C64H111NO8. The Morgan fingerprint density at radius 3 is 1.26 bits per heavy atom. The maximum Gasteiger partial charge on any atom is 0.220 e. The molecule has 0 aliphatic carbocycles. The van der Waals surface area contributed by atoms with Crippen LogP contribution >= 0.6 is 0 Å². The Bertz CT molecular complexity index is 1460. The van der Waals surface area contributed by atoms with Crippen molar-refractivity contribution < 1.29 is 39.8 Å². The Hall–Kier alpha value is -2.89. The molecule has 1 saturated heterocycles. The number of rotatable bonds is 50. The van der Waals surface area contributed by atoms with Gasteiger partial charge in [0.15, 0.2) is 6.29 Å². The summed E-state index contributed by atoms with van der Waals surface area (Å²) in [6.07, 6.45) is 68.9. The zero-order valence-electron chi connectivity index (χ0n) is 46.6. The summed E-state index contributed by atoms with van der Waals surface area (Å²) >= 11 is 0. The van der Waals surface area contributed by atoms with E-state index in [4.69, 9.17) is 9.47 Å². The fourth-order valence-electron chi connectivity index (χ4n) is 8.96. The number of carbonyl (C=O) groups is 1. The SMILES string of the molecule is CC/C=C\C/C=C\C/C=C\C/C=C\C/C=C\C/C=C\C/C=C\CCCCCCCCCCCC(=O)NC(COC1OC(CO)C(O)C(O)C1O)C(O)/C=C/CCCCCCCCCCCCCCCCCCC. The van der Waals surface area contributed by atoms with E-state index in [1.165, 1.54) is 128 Å². The van der Waals surface area contributed by atoms with Gasteiger partial charge in [-0.05, 0) is 77.0 Å². The molecule has 420 valence electrons. The molecule has 1 fully saturated rings. The molecule has 1 rings (SSSR count). The molecule has 0 aromatic carbocycles. The van der Waals surface area contributed by atoms with Crippen LogP contribution in [0.15, 0.2) is 97.2 Å². The average molecular weight is 1020 g/mol. The summed E-state index contributed by atoms with van der Waals surface area (Å²) in [7, 11) is 0. The molecule has 0 aromatic rings. The van der Waals surface area contributed by atoms with Crippen molar-refractivity contribution in [3.8, 4) is 0 Å². The number of hydrogen-bond donors (Lipinski definition) is 6. The second-order valence-electron chi connectivity index (χ2n) is 20.4. The number of aliphatic hydroxyl groups is 5. The first-order chi connectivity index (χ1) is 35.8. The van der Waals surface area contributed by atoms with Crippen LogP contribution in [0.2, 0.25) is 0 Å². The molecule has 0 aromatic heterocycles. The fraction of sp³-hybridized carbons (Fsp3) is 0.734. The Kier molecular flexibility index (Phi) is 49.0. The first-order valence-corrected chi connectivity index (χ1v) is 30.0. The van der Waals surface area contributed by atoms with Crippen molar-refractivity contribution in [1.82, 2.24) is 5.32 Å². The average Bonchev–Trinajstić information content (AvgIpc) is 3.39. The van der Waals surface area contributed by atoms with Gasteiger partial charge in [0.25, 0.3) is 0 Å². The highest BCUT2D eigenvalue weighted by Crippen LogP contribution is 2.23. The van der Waals surface area contributed by atoms with Gasteiger partial charge in [-0.25, -0.2) is 0 Å². The third kappa shape index (κ3) is 42.0. The van der Waals surface area contributed by atoms with E-state index in [9.17, 15) is 30.3 Å². The van der Waals surface area contributed by atoms with E-state index in [0.29, 0.717) is 6.42 Å². The standard InChI is InChI=1S/C64H111NO8/c1-3-5-7-9-11-13-15-17-19-21-23-24-25-26-27-28-29-30-31-32-33-34-36-38-40-42-44-46-48-50-52-54-60(68)65-57(56-72-64-63(71)62(70)61(69)59(55-66)73-64)58(67)53-51-49-47-45-43-41-39-37-35-22-20-18-16-14-12-10-8-6-4-2/h5,7,11,13,17,19,23-24,26-27,29-30,32-33,51,53,57-59,61-64,66-67,69-71H,3-4,6,8-10,12,14-16,18,20-22,25,28,31,34-50,52,54-56H2,1-2H3,(H,65,68)/b7-5-,13-11-,19-17-,24-23-,27-26-,30-29-,33-32-,53-51+. The smallest absolute Gasteiger partial charge is 0.220 e. The van der Waals surface area contributed by atoms with E-state index in [0.717, 1.165) is 96.3 Å². The van der Waals surface area contributed by atoms with Crippen molar-refractivity contribution in [3.63, 3.8) is 0 Å². The van der Waals surface area contributed by atoms with E-state index in [1.807, 2.05) is 6.08 Å². The molecule has 1 aliphatic rings. The van der Waals surface area contributed by atoms with Crippen LogP contribution in [-0.4, -0.2) is 87.5 Å². The van der Waals surface area contributed by atoms with Crippen molar-refractivity contribution in [2.24, 2.45) is 0 Å². The summed E-state index contributed by atoms with van der Waals surface area (Å²) in [5, 5.41) is 54.6. The topological polar surface area (TPSA) is 149 Å². The van der Waals surface area contributed by atoms with Gasteiger partial charge in [0.1, 0.15) is 24.4 Å². The normalized spacial score (nSPS) is 19.8. The molecular weight excluding hydrogens is 911 g/mol. The zero-order valence-corrected chi connectivity index (χ0v) is 46.6. The number of aliphatic hydroxyl groups excluding tert-OH is 5. The zero-order chi connectivity index (χ0) is 52.9. The minimum atomic E-state index is -1.57. The number of ether oxygens (including phenoxy) is 2. The van der Waals surface area contributed by atoms with Gasteiger partial charge in [-0.1, -0.05) is 259 Å². The molecule has 1 heterocycles. The lowest BCUT2D eigenvalue weighted by atomic mass is 9.99. The maximum absolute atomic E-state index is 13.1. The second kappa shape index (κ2) is 52.5. The molecule has 1 amide bonds. The van der Waals surface area contributed by atoms with E-state index in [2.05, 4.69) is 104 Å². The van der Waals surface area contributed by atoms with Gasteiger partial charge in [0.05, 0.1) is 25.4 Å². The number of amides is 1. The number of hydrogen-bond acceptors (Lipinski definition) is 8. The lowest BCUT2D eigenvalue weighted by molar-refractivity contribution is -0.302. The van der Waals surface area contributed by atoms with Crippen molar-refractivity contribution >= 4 is 5.91 Å². The van der Waals surface area contributed by atoms with Crippen LogP contribution in [-0.2, 0) is 14.3 Å². The lowest BCUT2D eigenvalue weighted by Crippen LogP contribution is -2.60. The van der Waals surface area contributed by atoms with Gasteiger partial charge in [0.2, 0.25) is 5.91 Å². The summed E-state index contributed by atoms with van der Waals surface area (Å²) in [6.45, 7) is 3.67. The first kappa shape index (κ1) is 68.1.